The van der Waals surface area contributed by atoms with Gasteiger partial charge in [-0.1, -0.05) is 198 Å². The van der Waals surface area contributed by atoms with Crippen LogP contribution >= 0.6 is 0 Å². The first-order valence-electron chi connectivity index (χ1n) is 22.8. The lowest BCUT2D eigenvalue weighted by atomic mass is 9.70. The summed E-state index contributed by atoms with van der Waals surface area (Å²) in [5, 5.41) is 0. The standard InChI is InChI=1S/C62H49N/c1-60(2)51-22-10-5-19-47(51)50-36-39(28-35-53(50)60)38-63(41-31-29-40(30-32-41)43-21-15-27-57-59(43)49-20-9-11-23-52(49)61(57,3)4)42-33-34-48-46-18-8-14-26-56(46)62(58(48)37-42)54-24-12-6-16-44(54)45-17-7-13-25-55(45)62/h5-27,29-37,39H,28,38H2,1-4H3. The van der Waals surface area contributed by atoms with Crippen molar-refractivity contribution >= 4 is 16.9 Å². The third-order valence-electron chi connectivity index (χ3n) is 15.7. The summed E-state index contributed by atoms with van der Waals surface area (Å²) in [6, 6.07) is 69.2. The van der Waals surface area contributed by atoms with Crippen molar-refractivity contribution in [2.75, 3.05) is 11.4 Å². The summed E-state index contributed by atoms with van der Waals surface area (Å²) in [7, 11) is 0. The molecule has 1 atom stereocenters. The molecule has 1 spiro atoms. The predicted molar refractivity (Wildman–Crippen MR) is 263 cm³/mol. The Morgan fingerprint density at radius 2 is 0.921 bits per heavy atom. The minimum absolute atomic E-state index is 0.00737. The summed E-state index contributed by atoms with van der Waals surface area (Å²) in [5.74, 6) is 0.328. The van der Waals surface area contributed by atoms with E-state index in [1.165, 1.54) is 112 Å². The lowest BCUT2D eigenvalue weighted by Gasteiger charge is -2.34. The smallest absolute Gasteiger partial charge is 0.0726 e. The molecular formula is C62H49N. The quantitative estimate of drug-likeness (QED) is 0.167. The molecule has 0 heterocycles. The van der Waals surface area contributed by atoms with Crippen molar-refractivity contribution in [3.8, 4) is 44.5 Å². The molecule has 0 aromatic heterocycles. The minimum Gasteiger partial charge on any atom is -0.341 e. The minimum atomic E-state index is -0.397. The number of nitrogens with zero attached hydrogens (tertiary/aromatic N) is 1. The molecule has 0 saturated heterocycles. The Kier molecular flexibility index (Phi) is 7.59. The molecule has 0 amide bonds. The van der Waals surface area contributed by atoms with Gasteiger partial charge in [-0.3, -0.25) is 0 Å². The van der Waals surface area contributed by atoms with Gasteiger partial charge in [-0.25, -0.2) is 0 Å². The molecule has 0 aliphatic heterocycles. The summed E-state index contributed by atoms with van der Waals surface area (Å²) in [4.78, 5) is 2.62. The van der Waals surface area contributed by atoms with Gasteiger partial charge in [0.25, 0.3) is 0 Å². The molecule has 8 aromatic carbocycles. The number of anilines is 2. The van der Waals surface area contributed by atoms with E-state index in [0.717, 1.165) is 13.0 Å². The fourth-order valence-electron chi connectivity index (χ4n) is 12.8. The number of hydrogen-bond donors (Lipinski definition) is 0. The second kappa shape index (κ2) is 13.0. The van der Waals surface area contributed by atoms with Crippen LogP contribution < -0.4 is 4.90 Å². The second-order valence-corrected chi connectivity index (χ2v) is 19.5. The van der Waals surface area contributed by atoms with Gasteiger partial charge in [-0.2, -0.15) is 0 Å². The molecule has 5 aliphatic rings. The van der Waals surface area contributed by atoms with Crippen LogP contribution in [0.5, 0.6) is 0 Å². The molecule has 1 heteroatoms. The third kappa shape index (κ3) is 4.88. The van der Waals surface area contributed by atoms with Crippen molar-refractivity contribution in [3.63, 3.8) is 0 Å². The van der Waals surface area contributed by atoms with Gasteiger partial charge in [-0.15, -0.1) is 0 Å². The van der Waals surface area contributed by atoms with Crippen molar-refractivity contribution < 1.29 is 0 Å². The van der Waals surface area contributed by atoms with Gasteiger partial charge in [0, 0.05) is 28.7 Å². The SMILES string of the molecule is CC1(C)C2=CCC(CN(c3ccc(-c4cccc5c4-c4ccccc4C5(C)C)cc3)c3ccc4c(c3)C3(c5ccccc5-c5ccccc53)c3ccccc3-4)C=C2c2ccccc21. The van der Waals surface area contributed by atoms with Crippen LogP contribution in [0.25, 0.3) is 50.1 Å². The van der Waals surface area contributed by atoms with E-state index in [9.17, 15) is 0 Å². The van der Waals surface area contributed by atoms with Crippen molar-refractivity contribution in [1.82, 2.24) is 0 Å². The summed E-state index contributed by atoms with van der Waals surface area (Å²) in [6.45, 7) is 10.4. The van der Waals surface area contributed by atoms with Gasteiger partial charge < -0.3 is 4.90 Å². The predicted octanol–water partition coefficient (Wildman–Crippen LogP) is 15.5. The maximum Gasteiger partial charge on any atom is 0.0726 e. The molecular weight excluding hydrogens is 759 g/mol. The van der Waals surface area contributed by atoms with Crippen LogP contribution in [0.3, 0.4) is 0 Å². The van der Waals surface area contributed by atoms with E-state index in [1.807, 2.05) is 0 Å². The highest BCUT2D eigenvalue weighted by atomic mass is 15.1. The highest BCUT2D eigenvalue weighted by molar-refractivity contribution is 5.97. The van der Waals surface area contributed by atoms with Crippen molar-refractivity contribution in [3.05, 3.63) is 244 Å². The first-order valence-corrected chi connectivity index (χ1v) is 22.8. The van der Waals surface area contributed by atoms with Gasteiger partial charge >= 0.3 is 0 Å². The Labute approximate surface area is 371 Å². The first kappa shape index (κ1) is 36.7. The monoisotopic (exact) mass is 807 g/mol. The van der Waals surface area contributed by atoms with E-state index in [1.54, 1.807) is 0 Å². The zero-order chi connectivity index (χ0) is 42.2. The number of allylic oxidation sites excluding steroid dienone is 3. The molecule has 0 saturated carbocycles. The Hall–Kier alpha value is -6.96. The van der Waals surface area contributed by atoms with E-state index in [0.29, 0.717) is 5.92 Å². The third-order valence-corrected chi connectivity index (χ3v) is 15.7. The number of hydrogen-bond acceptors (Lipinski definition) is 1. The fraction of sp³-hybridized carbons (Fsp3) is 0.161. The van der Waals surface area contributed by atoms with Crippen LogP contribution in [0.1, 0.15) is 78.6 Å². The first-order chi connectivity index (χ1) is 30.8. The number of benzene rings is 8. The topological polar surface area (TPSA) is 3.24 Å². The lowest BCUT2D eigenvalue weighted by molar-refractivity contribution is 0.620. The fourth-order valence-corrected chi connectivity index (χ4v) is 12.8. The molecule has 63 heavy (non-hydrogen) atoms. The van der Waals surface area contributed by atoms with Crippen LogP contribution in [0.4, 0.5) is 11.4 Å². The molecule has 0 bridgehead atoms. The van der Waals surface area contributed by atoms with Crippen LogP contribution in [-0.4, -0.2) is 6.54 Å². The van der Waals surface area contributed by atoms with Gasteiger partial charge in [0.15, 0.2) is 0 Å². The van der Waals surface area contributed by atoms with E-state index >= 15 is 0 Å². The Morgan fingerprint density at radius 1 is 0.429 bits per heavy atom. The zero-order valence-corrected chi connectivity index (χ0v) is 36.4. The average molecular weight is 808 g/mol. The lowest BCUT2D eigenvalue weighted by Crippen LogP contribution is -2.28. The van der Waals surface area contributed by atoms with Crippen LogP contribution in [-0.2, 0) is 16.2 Å². The maximum absolute atomic E-state index is 2.62. The summed E-state index contributed by atoms with van der Waals surface area (Å²) >= 11 is 0. The Morgan fingerprint density at radius 3 is 1.56 bits per heavy atom. The van der Waals surface area contributed by atoms with Crippen molar-refractivity contribution in [2.45, 2.75) is 50.4 Å². The molecule has 1 unspecified atom stereocenters. The van der Waals surface area contributed by atoms with E-state index in [-0.39, 0.29) is 10.8 Å². The Bertz CT molecular complexity index is 3230. The van der Waals surface area contributed by atoms with Gasteiger partial charge in [0.1, 0.15) is 0 Å². The molecule has 5 aliphatic carbocycles. The van der Waals surface area contributed by atoms with E-state index in [4.69, 9.17) is 0 Å². The molecule has 302 valence electrons. The zero-order valence-electron chi connectivity index (χ0n) is 36.4. The van der Waals surface area contributed by atoms with Crippen LogP contribution in [0.15, 0.2) is 200 Å². The molecule has 1 nitrogen and oxygen atoms in total. The number of rotatable bonds is 5. The molecule has 0 radical (unpaired) electrons. The van der Waals surface area contributed by atoms with Gasteiger partial charge in [0.2, 0.25) is 0 Å². The van der Waals surface area contributed by atoms with Crippen molar-refractivity contribution in [2.24, 2.45) is 5.92 Å². The number of fused-ring (bicyclic) bond motifs is 16. The Balaban J connectivity index is 0.973. The molecule has 0 N–H and O–H groups in total. The largest absolute Gasteiger partial charge is 0.341 e. The highest BCUT2D eigenvalue weighted by Gasteiger charge is 2.52. The maximum atomic E-state index is 2.62. The second-order valence-electron chi connectivity index (χ2n) is 19.5. The normalized spacial score (nSPS) is 17.9. The average Bonchev–Trinajstić information content (AvgIpc) is 3.96. The summed E-state index contributed by atoms with van der Waals surface area (Å²) < 4.78 is 0. The molecule has 13 rings (SSSR count). The van der Waals surface area contributed by atoms with E-state index < -0.39 is 5.41 Å². The molecule has 0 fully saturated rings. The highest BCUT2D eigenvalue weighted by Crippen LogP contribution is 2.63. The van der Waals surface area contributed by atoms with Crippen LogP contribution in [0, 0.1) is 5.92 Å². The van der Waals surface area contributed by atoms with Gasteiger partial charge in [-0.05, 0) is 137 Å². The summed E-state index contributed by atoms with van der Waals surface area (Å²) in [6.07, 6.45) is 6.17. The summed E-state index contributed by atoms with van der Waals surface area (Å²) in [5.41, 5.74) is 26.7. The van der Waals surface area contributed by atoms with Crippen LogP contribution in [0.2, 0.25) is 0 Å². The molecule has 8 aromatic rings. The van der Waals surface area contributed by atoms with Crippen molar-refractivity contribution in [1.29, 1.82) is 0 Å². The van der Waals surface area contributed by atoms with E-state index in [2.05, 4.69) is 227 Å². The van der Waals surface area contributed by atoms with Gasteiger partial charge in [0.05, 0.1) is 5.41 Å².